The maximum atomic E-state index is 12.6. The Morgan fingerprint density at radius 3 is 2.00 bits per heavy atom. The normalized spacial score (nSPS) is 12.2. The number of carbonyl (C=O) groups excluding carboxylic acids is 2. The highest BCUT2D eigenvalue weighted by molar-refractivity contribution is 7.89. The standard InChI is InChI=1S/C22H30N2O7S/c1-12(2)16-8-14(20(25)30-7)9-17(13(3)4)19(16)23-21(26)24-32(28,29)18-10-15(11-31-18)22(5,6)27/h8-13,27H,1-7H3,(H2,23,24,26). The molecule has 0 unspecified atom stereocenters. The average molecular weight is 467 g/mol. The van der Waals surface area contributed by atoms with Crippen molar-refractivity contribution in [2.24, 2.45) is 0 Å². The summed E-state index contributed by atoms with van der Waals surface area (Å²) in [6.45, 7) is 10.5. The second-order valence-corrected chi connectivity index (χ2v) is 10.2. The van der Waals surface area contributed by atoms with Crippen molar-refractivity contribution >= 4 is 27.7 Å². The molecule has 3 N–H and O–H groups in total. The first-order chi connectivity index (χ1) is 14.7. The Morgan fingerprint density at radius 2 is 1.59 bits per heavy atom. The summed E-state index contributed by atoms with van der Waals surface area (Å²) < 4.78 is 37.0. The highest BCUT2D eigenvalue weighted by Crippen LogP contribution is 2.34. The Hall–Kier alpha value is -2.85. The van der Waals surface area contributed by atoms with Crippen molar-refractivity contribution in [3.63, 3.8) is 0 Å². The third-order valence-electron chi connectivity index (χ3n) is 4.88. The smallest absolute Gasteiger partial charge is 0.337 e. The molecule has 0 aliphatic carbocycles. The number of hydrogen-bond acceptors (Lipinski definition) is 7. The Balaban J connectivity index is 2.40. The maximum absolute atomic E-state index is 12.6. The van der Waals surface area contributed by atoms with E-state index in [4.69, 9.17) is 9.15 Å². The summed E-state index contributed by atoms with van der Waals surface area (Å²) in [6.07, 6.45) is 1.12. The lowest BCUT2D eigenvalue weighted by Crippen LogP contribution is -2.35. The predicted octanol–water partition coefficient (Wildman–Crippen LogP) is 4.05. The number of hydrogen-bond donors (Lipinski definition) is 3. The van der Waals surface area contributed by atoms with E-state index in [0.717, 1.165) is 12.3 Å². The van der Waals surface area contributed by atoms with Gasteiger partial charge < -0.3 is 19.6 Å². The molecule has 0 bridgehead atoms. The fourth-order valence-electron chi connectivity index (χ4n) is 3.07. The van der Waals surface area contributed by atoms with Crippen LogP contribution >= 0.6 is 0 Å². The van der Waals surface area contributed by atoms with Gasteiger partial charge in [-0.05, 0) is 48.9 Å². The summed E-state index contributed by atoms with van der Waals surface area (Å²) in [6, 6.07) is 3.41. The average Bonchev–Trinajstić information content (AvgIpc) is 3.18. The topological polar surface area (TPSA) is 135 Å². The van der Waals surface area contributed by atoms with Gasteiger partial charge >= 0.3 is 12.0 Å². The zero-order chi connectivity index (χ0) is 24.4. The van der Waals surface area contributed by atoms with Gasteiger partial charge in [0.05, 0.1) is 24.5 Å². The van der Waals surface area contributed by atoms with E-state index in [1.807, 2.05) is 32.4 Å². The molecular formula is C22H30N2O7S. The van der Waals surface area contributed by atoms with Gasteiger partial charge in [0.1, 0.15) is 0 Å². The monoisotopic (exact) mass is 466 g/mol. The summed E-state index contributed by atoms with van der Waals surface area (Å²) in [5.41, 5.74) is 1.03. The third-order valence-corrected chi connectivity index (χ3v) is 6.07. The highest BCUT2D eigenvalue weighted by atomic mass is 32.2. The van der Waals surface area contributed by atoms with Gasteiger partial charge in [0.2, 0.25) is 5.09 Å². The fourth-order valence-corrected chi connectivity index (χ4v) is 3.92. The lowest BCUT2D eigenvalue weighted by molar-refractivity contribution is 0.0600. The van der Waals surface area contributed by atoms with Gasteiger partial charge in [-0.1, -0.05) is 27.7 Å². The molecule has 176 valence electrons. The lowest BCUT2D eigenvalue weighted by Gasteiger charge is -2.21. The number of furan rings is 1. The quantitative estimate of drug-likeness (QED) is 0.524. The number of benzene rings is 1. The first-order valence-corrected chi connectivity index (χ1v) is 11.6. The van der Waals surface area contributed by atoms with Crippen molar-refractivity contribution in [1.82, 2.24) is 4.72 Å². The zero-order valence-electron chi connectivity index (χ0n) is 19.3. The Kier molecular flexibility index (Phi) is 7.41. The van der Waals surface area contributed by atoms with E-state index in [1.54, 1.807) is 12.1 Å². The molecular weight excluding hydrogens is 436 g/mol. The van der Waals surface area contributed by atoms with Crippen LogP contribution in [0.5, 0.6) is 0 Å². The van der Waals surface area contributed by atoms with Crippen molar-refractivity contribution in [2.75, 3.05) is 12.4 Å². The number of carbonyl (C=O) groups is 2. The molecule has 0 atom stereocenters. The summed E-state index contributed by atoms with van der Waals surface area (Å²) in [7, 11) is -3.04. The minimum Gasteiger partial charge on any atom is -0.465 e. The van der Waals surface area contributed by atoms with Crippen LogP contribution in [0.1, 0.15) is 80.4 Å². The van der Waals surface area contributed by atoms with E-state index < -0.39 is 32.7 Å². The van der Waals surface area contributed by atoms with Crippen LogP contribution in [0.25, 0.3) is 0 Å². The van der Waals surface area contributed by atoms with Crippen LogP contribution < -0.4 is 10.0 Å². The summed E-state index contributed by atoms with van der Waals surface area (Å²) in [5.74, 6) is -0.667. The molecule has 0 spiro atoms. The van der Waals surface area contributed by atoms with Gasteiger partial charge in [-0.25, -0.2) is 14.3 Å². The minimum atomic E-state index is -4.32. The van der Waals surface area contributed by atoms with Gasteiger partial charge in [-0.3, -0.25) is 0 Å². The van der Waals surface area contributed by atoms with Gasteiger partial charge in [-0.2, -0.15) is 8.42 Å². The number of methoxy groups -OCH3 is 1. The molecule has 0 radical (unpaired) electrons. The molecule has 0 saturated carbocycles. The van der Waals surface area contributed by atoms with Crippen molar-refractivity contribution in [1.29, 1.82) is 0 Å². The number of esters is 1. The molecule has 2 rings (SSSR count). The van der Waals surface area contributed by atoms with Crippen LogP contribution in [-0.2, 0) is 20.4 Å². The number of rotatable bonds is 7. The first kappa shape index (κ1) is 25.4. The molecule has 0 saturated heterocycles. The number of amides is 2. The Bertz CT molecular complexity index is 1080. The molecule has 1 aromatic carbocycles. The van der Waals surface area contributed by atoms with Gasteiger partial charge in [0.15, 0.2) is 0 Å². The molecule has 0 fully saturated rings. The molecule has 32 heavy (non-hydrogen) atoms. The molecule has 0 aliphatic heterocycles. The van der Waals surface area contributed by atoms with Crippen LogP contribution in [-0.4, -0.2) is 32.6 Å². The van der Waals surface area contributed by atoms with E-state index >= 15 is 0 Å². The Labute approximate surface area is 188 Å². The minimum absolute atomic E-state index is 0.0802. The molecule has 1 heterocycles. The molecule has 10 heteroatoms. The summed E-state index contributed by atoms with van der Waals surface area (Å²) in [4.78, 5) is 24.7. The maximum Gasteiger partial charge on any atom is 0.337 e. The lowest BCUT2D eigenvalue weighted by atomic mass is 9.90. The number of aliphatic hydroxyl groups is 1. The number of nitrogens with one attached hydrogen (secondary N) is 2. The van der Waals surface area contributed by atoms with E-state index in [0.29, 0.717) is 22.4 Å². The van der Waals surface area contributed by atoms with Crippen LogP contribution in [0.4, 0.5) is 10.5 Å². The molecule has 9 nitrogen and oxygen atoms in total. The van der Waals surface area contributed by atoms with E-state index in [9.17, 15) is 23.1 Å². The fraction of sp³-hybridized carbons (Fsp3) is 0.455. The van der Waals surface area contributed by atoms with E-state index in [-0.39, 0.29) is 17.4 Å². The van der Waals surface area contributed by atoms with Crippen molar-refractivity contribution in [3.05, 3.63) is 46.7 Å². The van der Waals surface area contributed by atoms with Crippen LogP contribution in [0, 0.1) is 0 Å². The predicted molar refractivity (Wildman–Crippen MR) is 119 cm³/mol. The Morgan fingerprint density at radius 1 is 1.06 bits per heavy atom. The van der Waals surface area contributed by atoms with Crippen molar-refractivity contribution in [2.45, 2.75) is 64.1 Å². The molecule has 1 aromatic heterocycles. The van der Waals surface area contributed by atoms with Crippen molar-refractivity contribution < 1.29 is 32.3 Å². The van der Waals surface area contributed by atoms with E-state index in [2.05, 4.69) is 5.32 Å². The van der Waals surface area contributed by atoms with Gasteiger partial charge in [0, 0.05) is 17.3 Å². The second kappa shape index (κ2) is 9.33. The van der Waals surface area contributed by atoms with E-state index in [1.165, 1.54) is 21.0 Å². The highest BCUT2D eigenvalue weighted by Gasteiger charge is 2.27. The number of sulfonamides is 1. The zero-order valence-corrected chi connectivity index (χ0v) is 20.1. The van der Waals surface area contributed by atoms with Gasteiger partial charge in [0.25, 0.3) is 10.0 Å². The number of anilines is 1. The number of urea groups is 1. The molecule has 0 aliphatic rings. The van der Waals surface area contributed by atoms with Gasteiger partial charge in [-0.15, -0.1) is 0 Å². The summed E-state index contributed by atoms with van der Waals surface area (Å²) >= 11 is 0. The van der Waals surface area contributed by atoms with Crippen LogP contribution in [0.3, 0.4) is 0 Å². The third kappa shape index (κ3) is 5.68. The van der Waals surface area contributed by atoms with Crippen LogP contribution in [0.15, 0.2) is 34.0 Å². The largest absolute Gasteiger partial charge is 0.465 e. The molecule has 2 aromatic rings. The first-order valence-electron chi connectivity index (χ1n) is 10.1. The van der Waals surface area contributed by atoms with Crippen molar-refractivity contribution in [3.8, 4) is 0 Å². The number of ether oxygens (including phenoxy) is 1. The van der Waals surface area contributed by atoms with Crippen LogP contribution in [0.2, 0.25) is 0 Å². The second-order valence-electron chi connectivity index (χ2n) is 8.60. The molecule has 2 amide bonds. The summed E-state index contributed by atoms with van der Waals surface area (Å²) in [5, 5.41) is 12.1. The SMILES string of the molecule is COC(=O)c1cc(C(C)C)c(NC(=O)NS(=O)(=O)c2cc(C(C)(C)O)co2)c(C(C)C)c1.